The number of hydrogen-bond acceptors (Lipinski definition) is 12. The largest absolute Gasteiger partial charge is 0.493 e. The van der Waals surface area contributed by atoms with E-state index in [0.29, 0.717) is 50.6 Å². The summed E-state index contributed by atoms with van der Waals surface area (Å²) in [5.74, 6) is -0.839. The minimum atomic E-state index is -3.73. The van der Waals surface area contributed by atoms with Crippen LogP contribution in [0.25, 0.3) is 23.0 Å². The standard InChI is InChI=1S/C40H37N5O9S2/c1-5-19-53-39(48)35-25(2)41-40-45(37(35)28-13-16-32(54-26(3)46)33(22-28)51-4)38(47)34(55-40)23-29-24-44(30-9-7-6-8-10-30)42-36(29)27-11-14-31(15-12-27)56(49,50)43-17-20-52-21-18-43/h5-16,22-24,37H,1,17-21H2,2-4H3/b34-23-. The Kier molecular flexibility index (Phi) is 11.0. The SMILES string of the molecule is C=CCOC(=O)C1=C(C)N=c2s/c(=C\c3cn(-c4ccccc4)nc3-c3ccc(S(=O)(=O)N4CCOCC4)cc3)c(=O)n2C1c1ccc(OC(C)=O)c(OC)c1. The number of aromatic nitrogens is 3. The number of sulfonamides is 1. The third-order valence-electron chi connectivity index (χ3n) is 9.12. The van der Waals surface area contributed by atoms with E-state index >= 15 is 0 Å². The van der Waals surface area contributed by atoms with Gasteiger partial charge >= 0.3 is 11.9 Å². The Morgan fingerprint density at radius 3 is 2.45 bits per heavy atom. The molecule has 14 nitrogen and oxygen atoms in total. The van der Waals surface area contributed by atoms with Crippen LogP contribution in [0.3, 0.4) is 0 Å². The molecule has 7 rings (SSSR count). The molecule has 0 amide bonds. The number of carbonyl (C=O) groups excluding carboxylic acids is 2. The third kappa shape index (κ3) is 7.51. The zero-order valence-electron chi connectivity index (χ0n) is 30.7. The molecule has 0 spiro atoms. The number of hydrogen-bond donors (Lipinski definition) is 0. The van der Waals surface area contributed by atoms with Crippen molar-refractivity contribution < 1.29 is 37.0 Å². The normalized spacial score (nSPS) is 16.2. The highest BCUT2D eigenvalue weighted by Gasteiger charge is 2.34. The van der Waals surface area contributed by atoms with Crippen molar-refractivity contribution in [2.24, 2.45) is 4.99 Å². The average molecular weight is 796 g/mol. The molecule has 0 radical (unpaired) electrons. The van der Waals surface area contributed by atoms with E-state index in [1.54, 1.807) is 60.3 Å². The zero-order chi connectivity index (χ0) is 39.6. The minimum absolute atomic E-state index is 0.0598. The number of allylic oxidation sites excluding steroid dienone is 1. The molecule has 1 atom stereocenters. The molecule has 1 saturated heterocycles. The van der Waals surface area contributed by atoms with Crippen LogP contribution in [0.2, 0.25) is 0 Å². The Hall–Kier alpha value is -5.94. The topological polar surface area (TPSA) is 161 Å². The Morgan fingerprint density at radius 2 is 1.77 bits per heavy atom. The number of carbonyl (C=O) groups is 2. The number of thiazole rings is 1. The van der Waals surface area contributed by atoms with Crippen LogP contribution in [0, 0.1) is 0 Å². The third-order valence-corrected chi connectivity index (χ3v) is 12.0. The van der Waals surface area contributed by atoms with Gasteiger partial charge in [-0.1, -0.05) is 60.4 Å². The van der Waals surface area contributed by atoms with Gasteiger partial charge in [0.15, 0.2) is 16.3 Å². The Morgan fingerprint density at radius 1 is 1.04 bits per heavy atom. The number of nitrogens with zero attached hydrogens (tertiary/aromatic N) is 5. The van der Waals surface area contributed by atoms with Gasteiger partial charge in [0, 0.05) is 37.3 Å². The predicted molar refractivity (Wildman–Crippen MR) is 208 cm³/mol. The molecule has 56 heavy (non-hydrogen) atoms. The lowest BCUT2D eigenvalue weighted by Crippen LogP contribution is -2.40. The van der Waals surface area contributed by atoms with E-state index in [4.69, 9.17) is 24.0 Å². The lowest BCUT2D eigenvalue weighted by atomic mass is 9.95. The number of methoxy groups -OCH3 is 1. The van der Waals surface area contributed by atoms with Gasteiger partial charge in [-0.3, -0.25) is 14.2 Å². The highest BCUT2D eigenvalue weighted by atomic mass is 32.2. The van der Waals surface area contributed by atoms with E-state index < -0.39 is 33.6 Å². The molecule has 16 heteroatoms. The monoisotopic (exact) mass is 795 g/mol. The molecule has 0 saturated carbocycles. The summed E-state index contributed by atoms with van der Waals surface area (Å²) in [5, 5.41) is 4.88. The summed E-state index contributed by atoms with van der Waals surface area (Å²) >= 11 is 1.14. The van der Waals surface area contributed by atoms with Gasteiger partial charge in [0.1, 0.15) is 6.61 Å². The van der Waals surface area contributed by atoms with Crippen LogP contribution >= 0.6 is 11.3 Å². The molecule has 288 valence electrons. The first-order valence-electron chi connectivity index (χ1n) is 17.5. The molecule has 2 aliphatic rings. The van der Waals surface area contributed by atoms with Crippen molar-refractivity contribution in [2.45, 2.75) is 24.8 Å². The van der Waals surface area contributed by atoms with Crippen LogP contribution < -0.4 is 24.4 Å². The lowest BCUT2D eigenvalue weighted by molar-refractivity contribution is -0.138. The molecule has 1 unspecified atom stereocenters. The summed E-state index contributed by atoms with van der Waals surface area (Å²) in [6, 6.07) is 19.7. The minimum Gasteiger partial charge on any atom is -0.493 e. The molecule has 2 aliphatic heterocycles. The smallest absolute Gasteiger partial charge is 0.338 e. The second-order valence-corrected chi connectivity index (χ2v) is 15.7. The van der Waals surface area contributed by atoms with Gasteiger partial charge in [-0.2, -0.15) is 9.40 Å². The Bertz CT molecular complexity index is 2660. The lowest BCUT2D eigenvalue weighted by Gasteiger charge is -2.26. The molecule has 0 aliphatic carbocycles. The number of rotatable bonds is 11. The molecule has 2 aromatic heterocycles. The molecular weight excluding hydrogens is 759 g/mol. The van der Waals surface area contributed by atoms with Crippen LogP contribution in [-0.2, 0) is 29.1 Å². The highest BCUT2D eigenvalue weighted by Crippen LogP contribution is 2.36. The van der Waals surface area contributed by atoms with E-state index in [0.717, 1.165) is 17.0 Å². The van der Waals surface area contributed by atoms with Gasteiger partial charge in [0.25, 0.3) is 5.56 Å². The van der Waals surface area contributed by atoms with Crippen molar-refractivity contribution in [3.05, 3.63) is 134 Å². The van der Waals surface area contributed by atoms with E-state index in [1.165, 1.54) is 35.0 Å². The fourth-order valence-electron chi connectivity index (χ4n) is 6.50. The summed E-state index contributed by atoms with van der Waals surface area (Å²) in [6.45, 7) is 7.74. The highest BCUT2D eigenvalue weighted by molar-refractivity contribution is 7.89. The molecule has 3 aromatic carbocycles. The van der Waals surface area contributed by atoms with Gasteiger partial charge in [-0.15, -0.1) is 0 Å². The maximum Gasteiger partial charge on any atom is 0.338 e. The summed E-state index contributed by atoms with van der Waals surface area (Å²) in [4.78, 5) is 45.1. The van der Waals surface area contributed by atoms with Crippen molar-refractivity contribution in [3.63, 3.8) is 0 Å². The summed E-state index contributed by atoms with van der Waals surface area (Å²) < 4.78 is 53.2. The second-order valence-electron chi connectivity index (χ2n) is 12.7. The van der Waals surface area contributed by atoms with Crippen LogP contribution in [0.5, 0.6) is 11.5 Å². The number of fused-ring (bicyclic) bond motifs is 1. The fourth-order valence-corrected chi connectivity index (χ4v) is 8.94. The van der Waals surface area contributed by atoms with E-state index in [-0.39, 0.29) is 41.7 Å². The Labute approximate surface area is 325 Å². The van der Waals surface area contributed by atoms with Crippen molar-refractivity contribution in [3.8, 4) is 28.4 Å². The maximum absolute atomic E-state index is 14.6. The first kappa shape index (κ1) is 38.3. The quantitative estimate of drug-likeness (QED) is 0.109. The second kappa shape index (κ2) is 16.0. The van der Waals surface area contributed by atoms with E-state index in [2.05, 4.69) is 11.6 Å². The molecule has 0 N–H and O–H groups in total. The number of ether oxygens (including phenoxy) is 4. The summed E-state index contributed by atoms with van der Waals surface area (Å²) in [7, 11) is -2.31. The zero-order valence-corrected chi connectivity index (χ0v) is 32.3. The molecule has 4 heterocycles. The molecule has 0 bridgehead atoms. The number of benzene rings is 3. The predicted octanol–water partition coefficient (Wildman–Crippen LogP) is 3.77. The Balaban J connectivity index is 1.37. The van der Waals surface area contributed by atoms with E-state index in [9.17, 15) is 22.8 Å². The summed E-state index contributed by atoms with van der Waals surface area (Å²) in [5.41, 5.74) is 3.01. The average Bonchev–Trinajstić information content (AvgIpc) is 3.77. The van der Waals surface area contributed by atoms with Crippen molar-refractivity contribution in [2.75, 3.05) is 40.0 Å². The van der Waals surface area contributed by atoms with E-state index in [1.807, 2.05) is 30.3 Å². The maximum atomic E-state index is 14.6. The van der Waals surface area contributed by atoms with Crippen LogP contribution in [0.15, 0.2) is 118 Å². The number of morpholine rings is 1. The first-order valence-corrected chi connectivity index (χ1v) is 19.8. The summed E-state index contributed by atoms with van der Waals surface area (Å²) in [6.07, 6.45) is 4.94. The van der Waals surface area contributed by atoms with Gasteiger partial charge in [-0.25, -0.2) is 22.9 Å². The fraction of sp³-hybridized carbons (Fsp3) is 0.225. The van der Waals surface area contributed by atoms with Gasteiger partial charge in [0.05, 0.1) is 58.4 Å². The van der Waals surface area contributed by atoms with Crippen LogP contribution in [0.4, 0.5) is 0 Å². The van der Waals surface area contributed by atoms with Crippen LogP contribution in [-0.4, -0.2) is 79.0 Å². The molecule has 1 fully saturated rings. The van der Waals surface area contributed by atoms with Gasteiger partial charge in [-0.05, 0) is 55.0 Å². The number of para-hydroxylation sites is 1. The van der Waals surface area contributed by atoms with Crippen molar-refractivity contribution in [1.82, 2.24) is 18.7 Å². The number of esters is 2. The van der Waals surface area contributed by atoms with Crippen LogP contribution in [0.1, 0.15) is 31.0 Å². The van der Waals surface area contributed by atoms with Crippen molar-refractivity contribution in [1.29, 1.82) is 0 Å². The molecule has 5 aromatic rings. The molecular formula is C40H37N5O9S2. The van der Waals surface area contributed by atoms with Gasteiger partial charge in [0.2, 0.25) is 10.0 Å². The van der Waals surface area contributed by atoms with Gasteiger partial charge < -0.3 is 18.9 Å². The van der Waals surface area contributed by atoms with Crippen molar-refractivity contribution >= 4 is 39.4 Å². The first-order chi connectivity index (χ1) is 27.0.